The van der Waals surface area contributed by atoms with Crippen LogP contribution in [0, 0.1) is 5.92 Å². The molecule has 9 heteroatoms. The largest absolute Gasteiger partial charge is 0.503 e. The molecule has 2 heterocycles. The third-order valence-corrected chi connectivity index (χ3v) is 4.04. The van der Waals surface area contributed by atoms with E-state index in [1.54, 1.807) is 13.8 Å². The Morgan fingerprint density at radius 2 is 1.96 bits per heavy atom. The van der Waals surface area contributed by atoms with Crippen LogP contribution in [-0.4, -0.2) is 53.3 Å². The van der Waals surface area contributed by atoms with Crippen LogP contribution in [-0.2, 0) is 19.1 Å². The van der Waals surface area contributed by atoms with Crippen LogP contribution in [0.4, 0.5) is 0 Å². The van der Waals surface area contributed by atoms with E-state index in [0.717, 1.165) is 0 Å². The van der Waals surface area contributed by atoms with Crippen LogP contribution in [0.15, 0.2) is 12.3 Å². The maximum atomic E-state index is 12.5. The first kappa shape index (κ1) is 19.5. The molecule has 9 nitrogen and oxygen atoms in total. The van der Waals surface area contributed by atoms with Crippen LogP contribution in [0.25, 0.3) is 0 Å². The van der Waals surface area contributed by atoms with E-state index >= 15 is 0 Å². The number of nitrogens with one attached hydrogen (secondary N) is 1. The summed E-state index contributed by atoms with van der Waals surface area (Å²) in [6.07, 6.45) is 0.121. The molecule has 1 amide bonds. The Morgan fingerprint density at radius 1 is 1.27 bits per heavy atom. The van der Waals surface area contributed by atoms with Gasteiger partial charge in [0.2, 0.25) is 0 Å². The molecule has 26 heavy (non-hydrogen) atoms. The van der Waals surface area contributed by atoms with Gasteiger partial charge in [0.15, 0.2) is 23.2 Å². The molecule has 0 radical (unpaired) electrons. The molecule has 0 unspecified atom stereocenters. The molecule has 0 saturated carbocycles. The summed E-state index contributed by atoms with van der Waals surface area (Å²) in [5, 5.41) is 12.4. The molecule has 142 valence electrons. The average Bonchev–Trinajstić information content (AvgIpc) is 2.61. The lowest BCUT2D eigenvalue weighted by Gasteiger charge is -2.23. The van der Waals surface area contributed by atoms with E-state index in [4.69, 9.17) is 14.2 Å². The zero-order chi connectivity index (χ0) is 19.4. The van der Waals surface area contributed by atoms with Crippen molar-refractivity contribution in [1.82, 2.24) is 10.3 Å². The first-order valence-corrected chi connectivity index (χ1v) is 8.18. The number of methoxy groups -OCH3 is 1. The first-order valence-electron chi connectivity index (χ1n) is 8.18. The van der Waals surface area contributed by atoms with E-state index in [2.05, 4.69) is 10.3 Å². The lowest BCUT2D eigenvalue weighted by molar-refractivity contribution is -0.157. The second-order valence-corrected chi connectivity index (χ2v) is 6.19. The number of amides is 1. The first-order chi connectivity index (χ1) is 12.2. The van der Waals surface area contributed by atoms with Crippen molar-refractivity contribution >= 4 is 17.8 Å². The average molecular weight is 366 g/mol. The van der Waals surface area contributed by atoms with E-state index in [1.807, 2.05) is 0 Å². The van der Waals surface area contributed by atoms with Gasteiger partial charge in [-0.25, -0.2) is 9.78 Å². The molecular formula is C17H22N2O7. The Bertz CT molecular complexity index is 706. The molecule has 1 aliphatic rings. The number of ether oxygens (including phenoxy) is 3. The summed E-state index contributed by atoms with van der Waals surface area (Å²) in [4.78, 5) is 40.7. The Kier molecular flexibility index (Phi) is 6.01. The highest BCUT2D eigenvalue weighted by atomic mass is 16.6. The normalized spacial score (nSPS) is 26.6. The number of carbonyl (C=O) groups excluding carboxylic acids is 3. The molecule has 2 N–H and O–H groups in total. The third-order valence-electron chi connectivity index (χ3n) is 4.04. The number of nitrogens with zero attached hydrogens (tertiary/aromatic N) is 1. The highest BCUT2D eigenvalue weighted by molar-refractivity contribution is 5.98. The third kappa shape index (κ3) is 4.22. The molecule has 0 bridgehead atoms. The Labute approximate surface area is 150 Å². The predicted molar refractivity (Wildman–Crippen MR) is 88.6 cm³/mol. The van der Waals surface area contributed by atoms with Gasteiger partial charge in [0.05, 0.1) is 19.1 Å². The summed E-state index contributed by atoms with van der Waals surface area (Å²) < 4.78 is 15.5. The smallest absolute Gasteiger partial charge is 0.332 e. The summed E-state index contributed by atoms with van der Waals surface area (Å²) in [6, 6.07) is 0.139. The van der Waals surface area contributed by atoms with Gasteiger partial charge in [0.25, 0.3) is 5.91 Å². The van der Waals surface area contributed by atoms with E-state index in [9.17, 15) is 19.5 Å². The zero-order valence-corrected chi connectivity index (χ0v) is 15.0. The number of pyridine rings is 1. The molecule has 1 aliphatic heterocycles. The number of hydrogen-bond acceptors (Lipinski definition) is 8. The molecule has 1 fully saturated rings. The van der Waals surface area contributed by atoms with Gasteiger partial charge in [-0.3, -0.25) is 9.59 Å². The number of hydrogen-bond donors (Lipinski definition) is 2. The maximum absolute atomic E-state index is 12.5. The fourth-order valence-electron chi connectivity index (χ4n) is 2.63. The van der Waals surface area contributed by atoms with Crippen LogP contribution in [0.5, 0.6) is 11.5 Å². The van der Waals surface area contributed by atoms with Crippen LogP contribution in [0.3, 0.4) is 0 Å². The lowest BCUT2D eigenvalue weighted by Crippen LogP contribution is -2.50. The van der Waals surface area contributed by atoms with Gasteiger partial charge in [-0.2, -0.15) is 0 Å². The molecule has 1 aromatic rings. The van der Waals surface area contributed by atoms with Crippen molar-refractivity contribution in [2.75, 3.05) is 7.11 Å². The summed E-state index contributed by atoms with van der Waals surface area (Å²) >= 11 is 0. The highest BCUT2D eigenvalue weighted by Gasteiger charge is 2.36. The number of aromatic nitrogens is 1. The minimum absolute atomic E-state index is 0.0594. The number of esters is 2. The van der Waals surface area contributed by atoms with Crippen molar-refractivity contribution in [1.29, 1.82) is 0 Å². The monoisotopic (exact) mass is 366 g/mol. The minimum Gasteiger partial charge on any atom is -0.503 e. The number of rotatable bonds is 3. The van der Waals surface area contributed by atoms with Crippen LogP contribution in [0.1, 0.15) is 37.7 Å². The quantitative estimate of drug-likeness (QED) is 0.753. The minimum atomic E-state index is -1.24. The van der Waals surface area contributed by atoms with Crippen LogP contribution >= 0.6 is 0 Å². The van der Waals surface area contributed by atoms with Crippen molar-refractivity contribution in [3.8, 4) is 11.5 Å². The molecule has 2 rings (SSSR count). The van der Waals surface area contributed by atoms with Gasteiger partial charge in [-0.05, 0) is 20.3 Å². The second-order valence-electron chi connectivity index (χ2n) is 6.19. The molecular weight excluding hydrogens is 344 g/mol. The van der Waals surface area contributed by atoms with Gasteiger partial charge >= 0.3 is 11.9 Å². The van der Waals surface area contributed by atoms with E-state index < -0.39 is 47.8 Å². The van der Waals surface area contributed by atoms with E-state index in [0.29, 0.717) is 6.42 Å². The Balaban J connectivity index is 2.25. The summed E-state index contributed by atoms with van der Waals surface area (Å²) in [6.45, 7) is 4.81. The summed E-state index contributed by atoms with van der Waals surface area (Å²) in [5.41, 5.74) is -0.322. The van der Waals surface area contributed by atoms with Gasteiger partial charge in [0.1, 0.15) is 6.10 Å². The molecule has 4 atom stereocenters. The zero-order valence-electron chi connectivity index (χ0n) is 15.0. The standard InChI is InChI=1S/C17H22N2O7/c1-8-7-9(2)25-17(23)12(10(3)26-16(8)22)19-15(21)13-14(20)11(24-4)5-6-18-13/h5-6,8-10,12,20H,7H2,1-4H3,(H,19,21)/t8-,9+,10-,12+/m1/s1. The van der Waals surface area contributed by atoms with Crippen molar-refractivity contribution in [3.63, 3.8) is 0 Å². The summed E-state index contributed by atoms with van der Waals surface area (Å²) in [7, 11) is 1.33. The number of aromatic hydroxyl groups is 1. The van der Waals surface area contributed by atoms with Crippen molar-refractivity contribution < 1.29 is 33.7 Å². The predicted octanol–water partition coefficient (Wildman–Crippen LogP) is 0.797. The lowest BCUT2D eigenvalue weighted by atomic mass is 10.1. The van der Waals surface area contributed by atoms with Crippen molar-refractivity contribution in [3.05, 3.63) is 18.0 Å². The van der Waals surface area contributed by atoms with Gasteiger partial charge in [0, 0.05) is 12.3 Å². The van der Waals surface area contributed by atoms with E-state index in [-0.39, 0.29) is 11.4 Å². The molecule has 0 spiro atoms. The number of cyclic esters (lactones) is 2. The number of carbonyl (C=O) groups is 3. The van der Waals surface area contributed by atoms with Crippen molar-refractivity contribution in [2.45, 2.75) is 45.4 Å². The molecule has 0 aliphatic carbocycles. The molecule has 1 aromatic heterocycles. The SMILES string of the molecule is COc1ccnc(C(=O)N[C@@H]2C(=O)O[C@@H](C)C[C@@H](C)C(=O)O[C@@H]2C)c1O. The topological polar surface area (TPSA) is 124 Å². The van der Waals surface area contributed by atoms with Crippen molar-refractivity contribution in [2.24, 2.45) is 5.92 Å². The van der Waals surface area contributed by atoms with Crippen LogP contribution in [0.2, 0.25) is 0 Å². The fourth-order valence-corrected chi connectivity index (χ4v) is 2.63. The summed E-state index contributed by atoms with van der Waals surface area (Å²) in [5.74, 6) is -2.89. The maximum Gasteiger partial charge on any atom is 0.332 e. The highest BCUT2D eigenvalue weighted by Crippen LogP contribution is 2.27. The van der Waals surface area contributed by atoms with E-state index in [1.165, 1.54) is 26.3 Å². The Morgan fingerprint density at radius 3 is 2.62 bits per heavy atom. The van der Waals surface area contributed by atoms with Crippen LogP contribution < -0.4 is 10.1 Å². The molecule has 0 aromatic carbocycles. The molecule has 1 saturated heterocycles. The van der Waals surface area contributed by atoms with Gasteiger partial charge < -0.3 is 24.6 Å². The fraction of sp³-hybridized carbons (Fsp3) is 0.529. The Hall–Kier alpha value is -2.84. The second kappa shape index (κ2) is 8.03. The van der Waals surface area contributed by atoms with Gasteiger partial charge in [-0.15, -0.1) is 0 Å². The van der Waals surface area contributed by atoms with Gasteiger partial charge in [-0.1, -0.05) is 6.92 Å².